The molecule has 1 N–H and O–H groups in total. The predicted octanol–water partition coefficient (Wildman–Crippen LogP) is 12.4. The van der Waals surface area contributed by atoms with Gasteiger partial charge in [0.2, 0.25) is 0 Å². The number of aliphatic hydroxyl groups is 1. The monoisotopic (exact) mass is 1160 g/mol. The van der Waals surface area contributed by atoms with Crippen LogP contribution in [0.25, 0.3) is 0 Å². The van der Waals surface area contributed by atoms with Gasteiger partial charge in [0.05, 0.1) is 65.6 Å². The van der Waals surface area contributed by atoms with Crippen molar-refractivity contribution >= 4 is 0 Å². The molecular formula is C71H86O14. The molecule has 10 rings (SSSR count). The summed E-state index contributed by atoms with van der Waals surface area (Å²) in [6.07, 6.45) is -4.96. The van der Waals surface area contributed by atoms with Crippen LogP contribution in [0.1, 0.15) is 86.8 Å². The zero-order chi connectivity index (χ0) is 58.7. The van der Waals surface area contributed by atoms with Gasteiger partial charge in [-0.3, -0.25) is 0 Å². The van der Waals surface area contributed by atoms with E-state index in [4.69, 9.17) is 61.6 Å². The molecule has 2 aliphatic carbocycles. The first-order valence-corrected chi connectivity index (χ1v) is 30.2. The van der Waals surface area contributed by atoms with Gasteiger partial charge in [-0.05, 0) is 88.3 Å². The van der Waals surface area contributed by atoms with Crippen LogP contribution in [0.4, 0.5) is 0 Å². The number of fused-ring (bicyclic) bond motifs is 1. The van der Waals surface area contributed by atoms with Crippen LogP contribution in [-0.4, -0.2) is 107 Å². The quantitative estimate of drug-likeness (QED) is 0.0260. The zero-order valence-corrected chi connectivity index (χ0v) is 49.7. The third-order valence-electron chi connectivity index (χ3n) is 17.5. The first-order valence-electron chi connectivity index (χ1n) is 30.2. The van der Waals surface area contributed by atoms with Gasteiger partial charge < -0.3 is 66.7 Å². The number of benzene rings is 6. The average molecular weight is 1160 g/mol. The lowest BCUT2D eigenvalue weighted by atomic mass is 9.49. The highest BCUT2D eigenvalue weighted by Crippen LogP contribution is 2.60. The molecule has 2 aliphatic heterocycles. The van der Waals surface area contributed by atoms with Crippen LogP contribution in [0.5, 0.6) is 0 Å². The van der Waals surface area contributed by atoms with Crippen molar-refractivity contribution in [1.82, 2.24) is 0 Å². The molecule has 1 saturated carbocycles. The predicted molar refractivity (Wildman–Crippen MR) is 321 cm³/mol. The molecular weight excluding hydrogens is 1080 g/mol. The van der Waals surface area contributed by atoms with E-state index in [2.05, 4.69) is 27.7 Å². The van der Waals surface area contributed by atoms with Crippen LogP contribution in [0.15, 0.2) is 193 Å². The van der Waals surface area contributed by atoms with Gasteiger partial charge in [-0.2, -0.15) is 0 Å². The molecule has 3 fully saturated rings. The summed E-state index contributed by atoms with van der Waals surface area (Å²) < 4.78 is 89.2. The molecule has 2 saturated heterocycles. The molecule has 0 radical (unpaired) electrons. The number of hydrogen-bond donors (Lipinski definition) is 1. The van der Waals surface area contributed by atoms with E-state index in [0.29, 0.717) is 32.8 Å². The molecule has 4 aliphatic rings. The van der Waals surface area contributed by atoms with Crippen LogP contribution < -0.4 is 0 Å². The Morgan fingerprint density at radius 1 is 0.459 bits per heavy atom. The first kappa shape index (κ1) is 62.5. The molecule has 14 nitrogen and oxygen atoms in total. The molecule has 6 aromatic carbocycles. The fourth-order valence-corrected chi connectivity index (χ4v) is 13.0. The summed E-state index contributed by atoms with van der Waals surface area (Å²) in [6, 6.07) is 60.1. The van der Waals surface area contributed by atoms with Crippen molar-refractivity contribution in [3.63, 3.8) is 0 Å². The van der Waals surface area contributed by atoms with E-state index >= 15 is 0 Å². The minimum atomic E-state index is -1.14. The Bertz CT molecular complexity index is 2880. The third kappa shape index (κ3) is 16.8. The lowest BCUT2D eigenvalue weighted by Crippen LogP contribution is -2.66. The maximum absolute atomic E-state index is 10.9. The molecule has 0 aromatic heterocycles. The molecule has 454 valence electrons. The summed E-state index contributed by atoms with van der Waals surface area (Å²) in [4.78, 5) is 0. The van der Waals surface area contributed by atoms with E-state index in [1.807, 2.05) is 182 Å². The zero-order valence-electron chi connectivity index (χ0n) is 49.7. The van der Waals surface area contributed by atoms with E-state index in [1.165, 1.54) is 5.57 Å². The summed E-state index contributed by atoms with van der Waals surface area (Å²) in [6.45, 7) is 10.8. The number of hydrogen-bond acceptors (Lipinski definition) is 14. The van der Waals surface area contributed by atoms with Crippen LogP contribution in [-0.2, 0) is 101 Å². The van der Waals surface area contributed by atoms with Gasteiger partial charge in [-0.25, -0.2) is 0 Å². The van der Waals surface area contributed by atoms with E-state index < -0.39 is 55.3 Å². The van der Waals surface area contributed by atoms with E-state index in [0.717, 1.165) is 58.2 Å². The van der Waals surface area contributed by atoms with Crippen LogP contribution in [0.3, 0.4) is 0 Å². The molecule has 14 heteroatoms. The molecule has 0 bridgehead atoms. The highest BCUT2D eigenvalue weighted by atomic mass is 16.8. The van der Waals surface area contributed by atoms with Gasteiger partial charge in [0.25, 0.3) is 0 Å². The number of rotatable bonds is 30. The smallest absolute Gasteiger partial charge is 0.187 e. The molecule has 12 atom stereocenters. The summed E-state index contributed by atoms with van der Waals surface area (Å²) in [7, 11) is 0. The minimum Gasteiger partial charge on any atom is -0.392 e. The Morgan fingerprint density at radius 2 is 0.906 bits per heavy atom. The Balaban J connectivity index is 1.01. The number of ether oxygens (including phenoxy) is 13. The van der Waals surface area contributed by atoms with Crippen molar-refractivity contribution in [3.8, 4) is 0 Å². The van der Waals surface area contributed by atoms with Gasteiger partial charge >= 0.3 is 0 Å². The van der Waals surface area contributed by atoms with Gasteiger partial charge in [0.1, 0.15) is 63.1 Å². The van der Waals surface area contributed by atoms with Crippen molar-refractivity contribution in [2.75, 3.05) is 40.2 Å². The maximum Gasteiger partial charge on any atom is 0.187 e. The van der Waals surface area contributed by atoms with Crippen molar-refractivity contribution in [2.45, 2.75) is 154 Å². The number of allylic oxidation sites excluding steroid dienone is 1. The van der Waals surface area contributed by atoms with Crippen LogP contribution >= 0.6 is 0 Å². The highest BCUT2D eigenvalue weighted by molar-refractivity contribution is 5.28. The first-order chi connectivity index (χ1) is 41.7. The SMILES string of the molecule is CC1=C(CO)[C@@]2(C)CC[C@H](O[C@@H]3O[C@H](COCc4ccccc4)[C@@H](OCc4ccccc4)[C@H](OCc4ccccc4)[C@H]3O[C@@H]3OC[C@@H](OCOCc4ccccc4)[C@H](OCOCc4ccccc4)[C@H]3OCOCc3ccccc3)C(C)(C)[C@@H]2CC1. The van der Waals surface area contributed by atoms with Gasteiger partial charge in [0.15, 0.2) is 12.6 Å². The molecule has 85 heavy (non-hydrogen) atoms. The Morgan fingerprint density at radius 3 is 1.40 bits per heavy atom. The van der Waals surface area contributed by atoms with E-state index in [9.17, 15) is 5.11 Å². The van der Waals surface area contributed by atoms with E-state index in [1.54, 1.807) is 0 Å². The largest absolute Gasteiger partial charge is 0.392 e. The fraction of sp³-hybridized carbons (Fsp3) is 0.465. The Kier molecular flexibility index (Phi) is 23.1. The lowest BCUT2D eigenvalue weighted by Gasteiger charge is -2.58. The molecule has 0 unspecified atom stereocenters. The van der Waals surface area contributed by atoms with Crippen LogP contribution in [0, 0.1) is 16.7 Å². The second-order valence-corrected chi connectivity index (χ2v) is 23.6. The van der Waals surface area contributed by atoms with Crippen LogP contribution in [0.2, 0.25) is 0 Å². The normalized spacial score (nSPS) is 27.6. The summed E-state index contributed by atoms with van der Waals surface area (Å²) in [5.74, 6) is 0.204. The molecule has 6 aromatic rings. The topological polar surface area (TPSA) is 140 Å². The Hall–Kier alpha value is -5.50. The van der Waals surface area contributed by atoms with Gasteiger partial charge in [-0.15, -0.1) is 0 Å². The molecule has 0 spiro atoms. The van der Waals surface area contributed by atoms with Crippen molar-refractivity contribution in [1.29, 1.82) is 0 Å². The summed E-state index contributed by atoms with van der Waals surface area (Å²) >= 11 is 0. The highest BCUT2D eigenvalue weighted by Gasteiger charge is 2.58. The summed E-state index contributed by atoms with van der Waals surface area (Å²) in [5.41, 5.74) is 7.80. The van der Waals surface area contributed by atoms with Crippen molar-refractivity contribution in [2.24, 2.45) is 16.7 Å². The van der Waals surface area contributed by atoms with Gasteiger partial charge in [0, 0.05) is 0 Å². The van der Waals surface area contributed by atoms with Gasteiger partial charge in [-0.1, -0.05) is 208 Å². The lowest BCUT2D eigenvalue weighted by molar-refractivity contribution is -0.386. The second-order valence-electron chi connectivity index (χ2n) is 23.6. The Labute approximate surface area is 502 Å². The minimum absolute atomic E-state index is 0.0298. The maximum atomic E-state index is 10.9. The molecule has 2 heterocycles. The standard InChI is InChI=1S/C71H86O14/c1-51-35-36-61-70(2,3)62(37-38-71(61,4)58(51)39-72)84-69-67(65(78-45-57-33-21-10-22-34-57)64(77-44-56-31-19-9-20-32-56)60(83-69)46-73-40-52-23-11-5-12-24-52)85-68-66(82-50-76-43-55-29-17-8-18-30-55)63(81-49-75-42-54-27-15-7-16-28-54)59(47-79-68)80-48-74-41-53-25-13-6-14-26-53/h5-34,59-69,72H,35-50H2,1-4H3/t59-,60-,61+,62+,63+,64-,65+,66-,67-,68+,69+,71-/m1/s1. The van der Waals surface area contributed by atoms with E-state index in [-0.39, 0.29) is 76.3 Å². The fourth-order valence-electron chi connectivity index (χ4n) is 13.0. The second kappa shape index (κ2) is 31.4. The van der Waals surface area contributed by atoms with Crippen molar-refractivity contribution < 1.29 is 66.7 Å². The third-order valence-corrected chi connectivity index (χ3v) is 17.5. The van der Waals surface area contributed by atoms with Crippen molar-refractivity contribution in [3.05, 3.63) is 227 Å². The number of aliphatic hydroxyl groups excluding tert-OH is 1. The summed E-state index contributed by atoms with van der Waals surface area (Å²) in [5, 5.41) is 10.9. The average Bonchev–Trinajstić information content (AvgIpc) is 1.45. The molecule has 0 amide bonds.